The Bertz CT molecular complexity index is 1170. The van der Waals surface area contributed by atoms with Crippen LogP contribution in [0.5, 0.6) is 0 Å². The Morgan fingerprint density at radius 3 is 1.33 bits per heavy atom. The molecule has 0 aliphatic heterocycles. The molecular weight excluding hydrogens is 779 g/mol. The van der Waals surface area contributed by atoms with Gasteiger partial charge in [0.25, 0.3) is 0 Å². The highest BCUT2D eigenvalue weighted by atomic mass is 16.5. The van der Waals surface area contributed by atoms with Crippen molar-refractivity contribution in [2.24, 2.45) is 0 Å². The van der Waals surface area contributed by atoms with Gasteiger partial charge in [0.15, 0.2) is 0 Å². The highest BCUT2D eigenvalue weighted by Crippen LogP contribution is 2.17. The van der Waals surface area contributed by atoms with Crippen LogP contribution < -0.4 is 5.32 Å². The summed E-state index contributed by atoms with van der Waals surface area (Å²) < 4.78 is 5.84. The molecule has 0 saturated carbocycles. The number of amides is 1. The van der Waals surface area contributed by atoms with Gasteiger partial charge in [-0.15, -0.1) is 0 Å². The molecule has 1 amide bonds. The Hall–Kier alpha value is -2.70. The lowest BCUT2D eigenvalue weighted by molar-refractivity contribution is -0.150. The molecule has 6 heteroatoms. The minimum atomic E-state index is -0.821. The van der Waals surface area contributed by atoms with Crippen molar-refractivity contribution in [2.45, 2.75) is 270 Å². The van der Waals surface area contributed by atoms with Gasteiger partial charge in [-0.1, -0.05) is 261 Å². The largest absolute Gasteiger partial charge is 0.461 e. The van der Waals surface area contributed by atoms with Gasteiger partial charge >= 0.3 is 5.97 Å². The molecule has 3 unspecified atom stereocenters. The number of carbonyl (C=O) groups excluding carboxylic acids is 2. The van der Waals surface area contributed by atoms with Crippen LogP contribution in [0.2, 0.25) is 0 Å². The molecule has 3 N–H and O–H groups in total. The van der Waals surface area contributed by atoms with Gasteiger partial charge in [0.1, 0.15) is 6.10 Å². The van der Waals surface area contributed by atoms with Crippen LogP contribution in [-0.2, 0) is 14.3 Å². The van der Waals surface area contributed by atoms with Crippen molar-refractivity contribution >= 4 is 11.9 Å². The first-order valence-corrected chi connectivity index (χ1v) is 26.7. The summed E-state index contributed by atoms with van der Waals surface area (Å²) >= 11 is 0. The molecule has 0 aliphatic rings. The molecule has 63 heavy (non-hydrogen) atoms. The number of aliphatic hydroxyl groups is 2. The smallest absolute Gasteiger partial charge is 0.306 e. The molecule has 0 aromatic carbocycles. The second-order valence-electron chi connectivity index (χ2n) is 18.0. The van der Waals surface area contributed by atoms with Crippen molar-refractivity contribution in [3.63, 3.8) is 0 Å². The van der Waals surface area contributed by atoms with E-state index in [0.29, 0.717) is 19.3 Å². The van der Waals surface area contributed by atoms with Crippen molar-refractivity contribution in [1.29, 1.82) is 0 Å². The zero-order valence-corrected chi connectivity index (χ0v) is 41.4. The summed E-state index contributed by atoms with van der Waals surface area (Å²) in [5.74, 6) is -0.616. The summed E-state index contributed by atoms with van der Waals surface area (Å²) in [6.45, 7) is 6.31. The monoisotopic (exact) mass is 880 g/mol. The number of aliphatic hydroxyl groups excluding tert-OH is 2. The molecule has 0 aromatic heterocycles. The quantitative estimate of drug-likeness (QED) is 0.0245. The zero-order chi connectivity index (χ0) is 45.9. The van der Waals surface area contributed by atoms with Gasteiger partial charge in [-0.3, -0.25) is 9.59 Å². The number of nitrogens with one attached hydrogen (secondary N) is 1. The number of unbranched alkanes of at least 4 members (excludes halogenated alkanes) is 28. The average Bonchev–Trinajstić information content (AvgIpc) is 3.28. The molecule has 0 radical (unpaired) electrons. The number of hydrogen-bond acceptors (Lipinski definition) is 5. The molecule has 0 rings (SSSR count). The Morgan fingerprint density at radius 1 is 0.492 bits per heavy atom. The van der Waals surface area contributed by atoms with E-state index in [0.717, 1.165) is 57.8 Å². The van der Waals surface area contributed by atoms with E-state index in [9.17, 15) is 19.8 Å². The maximum atomic E-state index is 13.2. The molecule has 3 atom stereocenters. The van der Waals surface area contributed by atoms with E-state index in [-0.39, 0.29) is 24.9 Å². The van der Waals surface area contributed by atoms with Gasteiger partial charge in [-0.25, -0.2) is 0 Å². The van der Waals surface area contributed by atoms with Crippen molar-refractivity contribution in [3.8, 4) is 0 Å². The molecule has 0 aliphatic carbocycles. The third-order valence-corrected chi connectivity index (χ3v) is 11.9. The lowest BCUT2D eigenvalue weighted by atomic mass is 10.0. The number of esters is 1. The Labute approximate surface area is 390 Å². The van der Waals surface area contributed by atoms with Crippen LogP contribution in [0.1, 0.15) is 252 Å². The Balaban J connectivity index is 4.58. The van der Waals surface area contributed by atoms with Crippen LogP contribution in [0.3, 0.4) is 0 Å². The van der Waals surface area contributed by atoms with Crippen LogP contribution in [-0.4, -0.2) is 46.9 Å². The Kier molecular flexibility index (Phi) is 48.1. The summed E-state index contributed by atoms with van der Waals surface area (Å²) in [4.78, 5) is 26.1. The summed E-state index contributed by atoms with van der Waals surface area (Å²) in [6, 6.07) is -0.743. The van der Waals surface area contributed by atoms with E-state index in [1.54, 1.807) is 0 Å². The topological polar surface area (TPSA) is 95.9 Å². The zero-order valence-electron chi connectivity index (χ0n) is 41.4. The van der Waals surface area contributed by atoms with Gasteiger partial charge in [0, 0.05) is 12.8 Å². The molecule has 0 fully saturated rings. The highest BCUT2D eigenvalue weighted by molar-refractivity contribution is 5.77. The maximum absolute atomic E-state index is 13.2. The molecule has 364 valence electrons. The molecule has 0 saturated heterocycles. The van der Waals surface area contributed by atoms with E-state index in [4.69, 9.17) is 4.74 Å². The number of hydrogen-bond donors (Lipinski definition) is 3. The van der Waals surface area contributed by atoms with Crippen LogP contribution in [0.25, 0.3) is 0 Å². The number of carbonyl (C=O) groups is 2. The number of ether oxygens (including phenoxy) is 1. The first-order valence-electron chi connectivity index (χ1n) is 26.7. The minimum absolute atomic E-state index is 0.0232. The molecule has 6 nitrogen and oxygen atoms in total. The second kappa shape index (κ2) is 50.3. The predicted molar refractivity (Wildman–Crippen MR) is 273 cm³/mol. The van der Waals surface area contributed by atoms with Gasteiger partial charge in [0.05, 0.1) is 25.2 Å². The fourth-order valence-electron chi connectivity index (χ4n) is 7.86. The lowest BCUT2D eigenvalue weighted by Gasteiger charge is -2.24. The number of rotatable bonds is 47. The molecule has 0 bridgehead atoms. The van der Waals surface area contributed by atoms with Gasteiger partial charge in [0.2, 0.25) is 5.91 Å². The van der Waals surface area contributed by atoms with E-state index in [1.807, 2.05) is 54.7 Å². The lowest BCUT2D eigenvalue weighted by Crippen LogP contribution is -2.46. The molecule has 0 heterocycles. The summed E-state index contributed by atoms with van der Waals surface area (Å²) in [5, 5.41) is 23.7. The number of allylic oxidation sites excluding steroid dienone is 11. The predicted octanol–water partition coefficient (Wildman–Crippen LogP) is 16.2. The van der Waals surface area contributed by atoms with E-state index < -0.39 is 18.2 Å². The van der Waals surface area contributed by atoms with Gasteiger partial charge < -0.3 is 20.3 Å². The third-order valence-electron chi connectivity index (χ3n) is 11.9. The second-order valence-corrected chi connectivity index (χ2v) is 18.0. The first kappa shape index (κ1) is 60.3. The van der Waals surface area contributed by atoms with Crippen molar-refractivity contribution < 1.29 is 24.5 Å². The van der Waals surface area contributed by atoms with E-state index >= 15 is 0 Å². The van der Waals surface area contributed by atoms with E-state index in [1.165, 1.54) is 148 Å². The highest BCUT2D eigenvalue weighted by Gasteiger charge is 2.23. The normalized spacial score (nSPS) is 13.8. The van der Waals surface area contributed by atoms with E-state index in [2.05, 4.69) is 44.3 Å². The SMILES string of the molecule is CC/C=C/C=C/C=C\C=C/C=C/CC(CC(=O)NC(CO)C(O)CCCCCCCCCCCCCCCCCCC)OC(=O)CCCCCCC/C=C/CCCCCCCCC. The van der Waals surface area contributed by atoms with Crippen molar-refractivity contribution in [1.82, 2.24) is 5.32 Å². The minimum Gasteiger partial charge on any atom is -0.461 e. The van der Waals surface area contributed by atoms with Crippen LogP contribution in [0, 0.1) is 0 Å². The van der Waals surface area contributed by atoms with Crippen LogP contribution in [0.15, 0.2) is 72.9 Å². The standard InChI is InChI=1S/C57H101NO5/c1-4-7-10-13-16-19-22-24-26-28-29-31-34-37-40-43-46-49-55(60)54(52-59)58-56(61)51-53(48-45-42-39-36-33-21-18-15-12-9-6-3)63-57(62)50-47-44-41-38-35-32-30-27-25-23-20-17-14-11-8-5-2/h9,12,15,18,21,27,30,33,36,39,42,45,53-55,59-60H,4-8,10-11,13-14,16-17,19-20,22-26,28-29,31-32,34-35,37-38,40-41,43-44,46-52H2,1-3H3,(H,58,61)/b12-9+,18-15+,30-27+,33-21-,39-36-,45-42+. The fraction of sp³-hybridized carbons (Fsp3) is 0.754. The first-order chi connectivity index (χ1) is 31.0. The maximum Gasteiger partial charge on any atom is 0.306 e. The van der Waals surface area contributed by atoms with Crippen molar-refractivity contribution in [3.05, 3.63) is 72.9 Å². The summed E-state index contributed by atoms with van der Waals surface area (Å²) in [5.41, 5.74) is 0. The molecular formula is C57H101NO5. The van der Waals surface area contributed by atoms with Gasteiger partial charge in [-0.05, 0) is 44.9 Å². The third kappa shape index (κ3) is 45.7. The van der Waals surface area contributed by atoms with Crippen LogP contribution >= 0.6 is 0 Å². The molecule has 0 aromatic rings. The van der Waals surface area contributed by atoms with Crippen molar-refractivity contribution in [2.75, 3.05) is 6.61 Å². The average molecular weight is 880 g/mol. The summed E-state index contributed by atoms with van der Waals surface area (Å²) in [7, 11) is 0. The van der Waals surface area contributed by atoms with Crippen LogP contribution in [0.4, 0.5) is 0 Å². The molecule has 0 spiro atoms. The van der Waals surface area contributed by atoms with Gasteiger partial charge in [-0.2, -0.15) is 0 Å². The fourth-order valence-corrected chi connectivity index (χ4v) is 7.86. The Morgan fingerprint density at radius 2 is 0.889 bits per heavy atom. The summed E-state index contributed by atoms with van der Waals surface area (Å²) in [6.07, 6.45) is 64.2.